The lowest BCUT2D eigenvalue weighted by Crippen LogP contribution is -2.36. The maximum Gasteiger partial charge on any atom is 0.328 e. The number of rotatable bonds is 4. The van der Waals surface area contributed by atoms with E-state index in [-0.39, 0.29) is 5.69 Å². The summed E-state index contributed by atoms with van der Waals surface area (Å²) in [6.07, 6.45) is 0. The van der Waals surface area contributed by atoms with E-state index in [1.54, 1.807) is 42.5 Å². The van der Waals surface area contributed by atoms with E-state index in [0.717, 1.165) is 20.1 Å². The van der Waals surface area contributed by atoms with Crippen LogP contribution in [0.1, 0.15) is 21.6 Å². The van der Waals surface area contributed by atoms with Crippen molar-refractivity contribution in [3.63, 3.8) is 0 Å². The normalized spacial score (nSPS) is 10.8. The number of nitrogens with one attached hydrogen (secondary N) is 3. The molecule has 0 aliphatic heterocycles. The third-order valence-corrected chi connectivity index (χ3v) is 6.77. The largest absolute Gasteiger partial charge is 0.328 e. The molecule has 35 heavy (non-hydrogen) atoms. The Morgan fingerprint density at radius 2 is 1.63 bits per heavy atom. The Balaban J connectivity index is 1.63. The first kappa shape index (κ1) is 25.0. The Labute approximate surface area is 223 Å². The zero-order valence-electron chi connectivity index (χ0n) is 18.6. The Kier molecular flexibility index (Phi) is 7.30. The van der Waals surface area contributed by atoms with Gasteiger partial charge in [0.05, 0.1) is 11.2 Å². The standard InChI is InChI=1S/C25H19Br2ClN4O3/c1-13-3-7-20(18(27)9-13)30-23(33)22-11-15-10-16(26)5-8-21(15)32(22)31-25(35)24(34)29-17-6-4-14(2)19(28)12-17/h3-12H,1-2H3,(H,29,34)(H,30,33)(H,31,35). The minimum Gasteiger partial charge on any atom is -0.320 e. The van der Waals surface area contributed by atoms with Gasteiger partial charge in [0, 0.05) is 25.0 Å². The van der Waals surface area contributed by atoms with Crippen molar-refractivity contribution in [2.24, 2.45) is 0 Å². The molecule has 178 valence electrons. The Morgan fingerprint density at radius 3 is 2.34 bits per heavy atom. The first-order valence-corrected chi connectivity index (χ1v) is 12.4. The number of nitrogens with zero attached hydrogens (tertiary/aromatic N) is 1. The lowest BCUT2D eigenvalue weighted by atomic mass is 10.2. The molecule has 4 rings (SSSR count). The predicted octanol–water partition coefficient (Wildman–Crippen LogP) is 6.40. The van der Waals surface area contributed by atoms with Gasteiger partial charge in [0.15, 0.2) is 0 Å². The van der Waals surface area contributed by atoms with Crippen LogP contribution in [-0.2, 0) is 9.59 Å². The molecule has 0 saturated heterocycles. The maximum atomic E-state index is 13.2. The fourth-order valence-electron chi connectivity index (χ4n) is 3.39. The maximum absolute atomic E-state index is 13.2. The molecule has 0 aliphatic rings. The van der Waals surface area contributed by atoms with Crippen molar-refractivity contribution in [2.45, 2.75) is 13.8 Å². The van der Waals surface area contributed by atoms with Gasteiger partial charge in [0.2, 0.25) is 0 Å². The number of hydrogen-bond acceptors (Lipinski definition) is 3. The molecule has 7 nitrogen and oxygen atoms in total. The molecule has 0 saturated carbocycles. The first-order chi connectivity index (χ1) is 16.6. The second-order valence-corrected chi connectivity index (χ2v) is 10.0. The van der Waals surface area contributed by atoms with E-state index in [2.05, 4.69) is 47.9 Å². The summed E-state index contributed by atoms with van der Waals surface area (Å²) in [5, 5.41) is 6.51. The molecule has 3 amide bonds. The molecule has 0 atom stereocenters. The van der Waals surface area contributed by atoms with Crippen molar-refractivity contribution in [3.05, 3.63) is 91.5 Å². The number of carbonyl (C=O) groups excluding carboxylic acids is 3. The number of amides is 3. The Bertz CT molecular complexity index is 1500. The highest BCUT2D eigenvalue weighted by atomic mass is 79.9. The van der Waals surface area contributed by atoms with Gasteiger partial charge >= 0.3 is 11.8 Å². The summed E-state index contributed by atoms with van der Waals surface area (Å²) in [5.74, 6) is -2.32. The molecule has 1 heterocycles. The van der Waals surface area contributed by atoms with E-state index in [0.29, 0.717) is 27.3 Å². The molecular weight excluding hydrogens is 600 g/mol. The number of aromatic nitrogens is 1. The average Bonchev–Trinajstić information content (AvgIpc) is 3.15. The van der Waals surface area contributed by atoms with E-state index < -0.39 is 17.7 Å². The van der Waals surface area contributed by atoms with Crippen LogP contribution in [0.25, 0.3) is 10.9 Å². The molecule has 4 aromatic rings. The van der Waals surface area contributed by atoms with Crippen LogP contribution in [0.15, 0.2) is 69.6 Å². The molecule has 3 N–H and O–H groups in total. The van der Waals surface area contributed by atoms with E-state index in [1.165, 1.54) is 4.68 Å². The van der Waals surface area contributed by atoms with Gasteiger partial charge < -0.3 is 10.6 Å². The number of halogens is 3. The van der Waals surface area contributed by atoms with Crippen molar-refractivity contribution in [1.29, 1.82) is 0 Å². The van der Waals surface area contributed by atoms with Gasteiger partial charge in [-0.1, -0.05) is 39.7 Å². The molecule has 0 unspecified atom stereocenters. The van der Waals surface area contributed by atoms with Gasteiger partial charge in [0.25, 0.3) is 5.91 Å². The van der Waals surface area contributed by atoms with E-state index >= 15 is 0 Å². The minimum absolute atomic E-state index is 0.144. The molecule has 0 aliphatic carbocycles. The van der Waals surface area contributed by atoms with Crippen LogP contribution >= 0.6 is 43.5 Å². The van der Waals surface area contributed by atoms with E-state index in [4.69, 9.17) is 11.6 Å². The molecule has 1 aromatic heterocycles. The van der Waals surface area contributed by atoms with Crippen LogP contribution in [0, 0.1) is 13.8 Å². The van der Waals surface area contributed by atoms with Crippen LogP contribution in [0.4, 0.5) is 11.4 Å². The second-order valence-electron chi connectivity index (χ2n) is 7.86. The Morgan fingerprint density at radius 1 is 0.857 bits per heavy atom. The molecule has 0 radical (unpaired) electrons. The summed E-state index contributed by atoms with van der Waals surface area (Å²) in [5.41, 5.74) is 6.04. The summed E-state index contributed by atoms with van der Waals surface area (Å²) in [6, 6.07) is 17.4. The number of anilines is 2. The van der Waals surface area contributed by atoms with Crippen molar-refractivity contribution < 1.29 is 14.4 Å². The molecule has 0 spiro atoms. The van der Waals surface area contributed by atoms with Crippen LogP contribution in [0.2, 0.25) is 5.02 Å². The van der Waals surface area contributed by atoms with Crippen molar-refractivity contribution in [1.82, 2.24) is 4.68 Å². The van der Waals surface area contributed by atoms with Gasteiger partial charge in [-0.25, -0.2) is 4.68 Å². The number of benzene rings is 3. The highest BCUT2D eigenvalue weighted by Crippen LogP contribution is 2.27. The van der Waals surface area contributed by atoms with Gasteiger partial charge in [-0.3, -0.25) is 19.8 Å². The third kappa shape index (κ3) is 5.58. The fraction of sp³-hybridized carbons (Fsp3) is 0.0800. The van der Waals surface area contributed by atoms with Crippen LogP contribution in [-0.4, -0.2) is 22.4 Å². The van der Waals surface area contributed by atoms with Gasteiger partial charge in [0.1, 0.15) is 5.69 Å². The first-order valence-electron chi connectivity index (χ1n) is 10.4. The van der Waals surface area contributed by atoms with E-state index in [1.807, 2.05) is 32.0 Å². The van der Waals surface area contributed by atoms with Crippen molar-refractivity contribution in [2.75, 3.05) is 16.1 Å². The molecule has 10 heteroatoms. The topological polar surface area (TPSA) is 92.2 Å². The Hall–Kier alpha value is -3.14. The fourth-order valence-corrected chi connectivity index (χ4v) is 4.54. The summed E-state index contributed by atoms with van der Waals surface area (Å²) < 4.78 is 2.82. The van der Waals surface area contributed by atoms with Crippen LogP contribution in [0.3, 0.4) is 0 Å². The highest BCUT2D eigenvalue weighted by Gasteiger charge is 2.22. The summed E-state index contributed by atoms with van der Waals surface area (Å²) in [7, 11) is 0. The smallest absolute Gasteiger partial charge is 0.320 e. The zero-order chi connectivity index (χ0) is 25.3. The van der Waals surface area contributed by atoms with E-state index in [9.17, 15) is 14.4 Å². The third-order valence-electron chi connectivity index (χ3n) is 5.22. The summed E-state index contributed by atoms with van der Waals surface area (Å²) in [4.78, 5) is 38.6. The molecule has 0 fully saturated rings. The number of fused-ring (bicyclic) bond motifs is 1. The summed E-state index contributed by atoms with van der Waals surface area (Å²) >= 11 is 13.0. The molecule has 3 aromatic carbocycles. The summed E-state index contributed by atoms with van der Waals surface area (Å²) in [6.45, 7) is 3.77. The lowest BCUT2D eigenvalue weighted by Gasteiger charge is -2.13. The highest BCUT2D eigenvalue weighted by molar-refractivity contribution is 9.10. The van der Waals surface area contributed by atoms with Gasteiger partial charge in [-0.15, -0.1) is 0 Å². The number of hydrogen-bond donors (Lipinski definition) is 3. The number of carbonyl (C=O) groups is 3. The molecular formula is C25H19Br2ClN4O3. The number of aryl methyl sites for hydroxylation is 2. The SMILES string of the molecule is Cc1ccc(NC(=O)c2cc3cc(Br)ccc3n2NC(=O)C(=O)Nc2ccc(C)c(Cl)c2)c(Br)c1. The van der Waals surface area contributed by atoms with Gasteiger partial charge in [-0.05, 0) is 89.4 Å². The monoisotopic (exact) mass is 616 g/mol. The molecule has 0 bridgehead atoms. The predicted molar refractivity (Wildman–Crippen MR) is 146 cm³/mol. The zero-order valence-corrected chi connectivity index (χ0v) is 22.5. The van der Waals surface area contributed by atoms with Crippen LogP contribution < -0.4 is 16.1 Å². The quantitative estimate of drug-likeness (QED) is 0.231. The van der Waals surface area contributed by atoms with Crippen molar-refractivity contribution in [3.8, 4) is 0 Å². The second kappa shape index (κ2) is 10.2. The van der Waals surface area contributed by atoms with Crippen LogP contribution in [0.5, 0.6) is 0 Å². The average molecular weight is 619 g/mol. The van der Waals surface area contributed by atoms with Gasteiger partial charge in [-0.2, -0.15) is 0 Å². The minimum atomic E-state index is -0.951. The van der Waals surface area contributed by atoms with Crippen molar-refractivity contribution >= 4 is 83.5 Å². The lowest BCUT2D eigenvalue weighted by molar-refractivity contribution is -0.133.